The van der Waals surface area contributed by atoms with Crippen LogP contribution in [0, 0.1) is 0 Å². The molecular weight excluding hydrogens is 232 g/mol. The Kier molecular flexibility index (Phi) is 3.99. The van der Waals surface area contributed by atoms with Crippen LogP contribution in [0.1, 0.15) is 4.88 Å². The number of thiophene rings is 1. The first kappa shape index (κ1) is 11.4. The first-order valence-electron chi connectivity index (χ1n) is 5.05. The Balaban J connectivity index is 1.97. The van der Waals surface area contributed by atoms with E-state index in [4.69, 9.17) is 22.1 Å². The van der Waals surface area contributed by atoms with Gasteiger partial charge in [0.25, 0.3) is 0 Å². The maximum Gasteiger partial charge on any atom is 0.0931 e. The Bertz CT molecular complexity index is 318. The summed E-state index contributed by atoms with van der Waals surface area (Å²) in [7, 11) is 0. The summed E-state index contributed by atoms with van der Waals surface area (Å²) in [5.74, 6) is 0. The van der Waals surface area contributed by atoms with E-state index in [-0.39, 0.29) is 0 Å². The molecule has 5 heteroatoms. The molecule has 1 aliphatic heterocycles. The van der Waals surface area contributed by atoms with Crippen LogP contribution < -0.4 is 5.73 Å². The summed E-state index contributed by atoms with van der Waals surface area (Å²) < 4.78 is 6.25. The van der Waals surface area contributed by atoms with Crippen molar-refractivity contribution < 1.29 is 4.74 Å². The number of ether oxygens (including phenoxy) is 1. The van der Waals surface area contributed by atoms with Crippen molar-refractivity contribution in [2.75, 3.05) is 26.3 Å². The standard InChI is InChI=1S/C10H15ClN2OS/c11-10-2-1-9(15-10)6-13-3-4-14-7-8(13)5-12/h1-2,8H,3-7,12H2. The number of halogens is 1. The largest absolute Gasteiger partial charge is 0.378 e. The van der Waals surface area contributed by atoms with Crippen molar-refractivity contribution in [1.29, 1.82) is 0 Å². The van der Waals surface area contributed by atoms with E-state index in [1.54, 1.807) is 11.3 Å². The van der Waals surface area contributed by atoms with Gasteiger partial charge in [0.2, 0.25) is 0 Å². The molecule has 84 valence electrons. The van der Waals surface area contributed by atoms with Gasteiger partial charge in [-0.25, -0.2) is 0 Å². The van der Waals surface area contributed by atoms with Crippen molar-refractivity contribution in [3.8, 4) is 0 Å². The second kappa shape index (κ2) is 5.27. The fourth-order valence-corrected chi connectivity index (χ4v) is 2.86. The van der Waals surface area contributed by atoms with Gasteiger partial charge in [-0.15, -0.1) is 11.3 Å². The van der Waals surface area contributed by atoms with Gasteiger partial charge in [0.15, 0.2) is 0 Å². The SMILES string of the molecule is NCC1COCCN1Cc1ccc(Cl)s1. The molecule has 1 aromatic rings. The topological polar surface area (TPSA) is 38.5 Å². The highest BCUT2D eigenvalue weighted by Crippen LogP contribution is 2.23. The Morgan fingerprint density at radius 2 is 2.47 bits per heavy atom. The molecule has 15 heavy (non-hydrogen) atoms. The molecule has 0 spiro atoms. The van der Waals surface area contributed by atoms with Crippen LogP contribution in [0.2, 0.25) is 4.34 Å². The molecular formula is C10H15ClN2OS. The van der Waals surface area contributed by atoms with E-state index in [2.05, 4.69) is 11.0 Å². The van der Waals surface area contributed by atoms with Crippen molar-refractivity contribution in [2.45, 2.75) is 12.6 Å². The molecule has 2 rings (SSSR count). The zero-order valence-electron chi connectivity index (χ0n) is 8.49. The lowest BCUT2D eigenvalue weighted by molar-refractivity contribution is -0.00747. The van der Waals surface area contributed by atoms with Gasteiger partial charge < -0.3 is 10.5 Å². The van der Waals surface area contributed by atoms with E-state index in [1.807, 2.05) is 6.07 Å². The third-order valence-electron chi connectivity index (χ3n) is 2.61. The fourth-order valence-electron chi connectivity index (χ4n) is 1.75. The third kappa shape index (κ3) is 2.92. The van der Waals surface area contributed by atoms with Crippen LogP contribution >= 0.6 is 22.9 Å². The fraction of sp³-hybridized carbons (Fsp3) is 0.600. The summed E-state index contributed by atoms with van der Waals surface area (Å²) in [5.41, 5.74) is 5.71. The van der Waals surface area contributed by atoms with Gasteiger partial charge in [0, 0.05) is 30.6 Å². The first-order chi connectivity index (χ1) is 7.29. The summed E-state index contributed by atoms with van der Waals surface area (Å²) in [6, 6.07) is 4.37. The van der Waals surface area contributed by atoms with E-state index in [9.17, 15) is 0 Å². The van der Waals surface area contributed by atoms with E-state index >= 15 is 0 Å². The molecule has 3 nitrogen and oxygen atoms in total. The third-order valence-corrected chi connectivity index (χ3v) is 3.83. The van der Waals surface area contributed by atoms with Crippen LogP contribution in [-0.4, -0.2) is 37.2 Å². The number of nitrogens with zero attached hydrogens (tertiary/aromatic N) is 1. The predicted molar refractivity (Wildman–Crippen MR) is 63.4 cm³/mol. The summed E-state index contributed by atoms with van der Waals surface area (Å²) in [6.07, 6.45) is 0. The summed E-state index contributed by atoms with van der Waals surface area (Å²) in [5, 5.41) is 0. The molecule has 1 saturated heterocycles. The van der Waals surface area contributed by atoms with Crippen LogP contribution in [0.5, 0.6) is 0 Å². The molecule has 0 radical (unpaired) electrons. The number of morpholine rings is 1. The average Bonchev–Trinajstić information content (AvgIpc) is 2.65. The van der Waals surface area contributed by atoms with Crippen molar-refractivity contribution in [3.05, 3.63) is 21.3 Å². The van der Waals surface area contributed by atoms with Crippen molar-refractivity contribution in [3.63, 3.8) is 0 Å². The van der Waals surface area contributed by atoms with Crippen LogP contribution in [-0.2, 0) is 11.3 Å². The van der Waals surface area contributed by atoms with Gasteiger partial charge in [-0.1, -0.05) is 11.6 Å². The lowest BCUT2D eigenvalue weighted by atomic mass is 10.2. The summed E-state index contributed by atoms with van der Waals surface area (Å²) in [6.45, 7) is 4.09. The Hall–Kier alpha value is -0.130. The highest BCUT2D eigenvalue weighted by molar-refractivity contribution is 7.16. The highest BCUT2D eigenvalue weighted by Gasteiger charge is 2.21. The van der Waals surface area contributed by atoms with Crippen molar-refractivity contribution >= 4 is 22.9 Å². The molecule has 0 bridgehead atoms. The van der Waals surface area contributed by atoms with Crippen LogP contribution in [0.15, 0.2) is 12.1 Å². The van der Waals surface area contributed by atoms with E-state index in [0.29, 0.717) is 12.6 Å². The van der Waals surface area contributed by atoms with Crippen molar-refractivity contribution in [1.82, 2.24) is 4.90 Å². The quantitative estimate of drug-likeness (QED) is 0.880. The number of rotatable bonds is 3. The highest BCUT2D eigenvalue weighted by atomic mass is 35.5. The molecule has 2 heterocycles. The Morgan fingerprint density at radius 1 is 1.60 bits per heavy atom. The minimum absolute atomic E-state index is 0.347. The second-order valence-electron chi connectivity index (χ2n) is 3.64. The number of nitrogens with two attached hydrogens (primary N) is 1. The zero-order chi connectivity index (χ0) is 10.7. The maximum absolute atomic E-state index is 5.90. The Labute approximate surface area is 98.8 Å². The van der Waals surface area contributed by atoms with Gasteiger partial charge in [-0.05, 0) is 12.1 Å². The molecule has 0 aromatic carbocycles. The lowest BCUT2D eigenvalue weighted by Gasteiger charge is -2.34. The molecule has 0 amide bonds. The molecule has 1 fully saturated rings. The monoisotopic (exact) mass is 246 g/mol. The Morgan fingerprint density at radius 3 is 3.13 bits per heavy atom. The average molecular weight is 247 g/mol. The minimum Gasteiger partial charge on any atom is -0.378 e. The molecule has 0 aliphatic carbocycles. The van der Waals surface area contributed by atoms with Crippen LogP contribution in [0.25, 0.3) is 0 Å². The van der Waals surface area contributed by atoms with Gasteiger partial charge in [0.05, 0.1) is 17.6 Å². The van der Waals surface area contributed by atoms with E-state index < -0.39 is 0 Å². The molecule has 2 N–H and O–H groups in total. The van der Waals surface area contributed by atoms with Gasteiger partial charge >= 0.3 is 0 Å². The maximum atomic E-state index is 5.90. The molecule has 0 saturated carbocycles. The normalized spacial score (nSPS) is 23.2. The molecule has 1 aromatic heterocycles. The van der Waals surface area contributed by atoms with E-state index in [0.717, 1.165) is 30.6 Å². The van der Waals surface area contributed by atoms with E-state index in [1.165, 1.54) is 4.88 Å². The van der Waals surface area contributed by atoms with Crippen molar-refractivity contribution in [2.24, 2.45) is 5.73 Å². The summed E-state index contributed by atoms with van der Waals surface area (Å²) >= 11 is 7.54. The minimum atomic E-state index is 0.347. The lowest BCUT2D eigenvalue weighted by Crippen LogP contribution is -2.48. The zero-order valence-corrected chi connectivity index (χ0v) is 10.1. The number of hydrogen-bond acceptors (Lipinski definition) is 4. The first-order valence-corrected chi connectivity index (χ1v) is 6.25. The second-order valence-corrected chi connectivity index (χ2v) is 5.44. The predicted octanol–water partition coefficient (Wildman–Crippen LogP) is 1.56. The smallest absolute Gasteiger partial charge is 0.0931 e. The van der Waals surface area contributed by atoms with Gasteiger partial charge in [0.1, 0.15) is 0 Å². The van der Waals surface area contributed by atoms with Gasteiger partial charge in [-0.2, -0.15) is 0 Å². The summed E-state index contributed by atoms with van der Waals surface area (Å²) in [4.78, 5) is 3.66. The van der Waals surface area contributed by atoms with Crippen LogP contribution in [0.3, 0.4) is 0 Å². The molecule has 1 aliphatic rings. The van der Waals surface area contributed by atoms with Gasteiger partial charge in [-0.3, -0.25) is 4.90 Å². The number of hydrogen-bond donors (Lipinski definition) is 1. The molecule has 1 unspecified atom stereocenters. The van der Waals surface area contributed by atoms with Crippen LogP contribution in [0.4, 0.5) is 0 Å². The molecule has 1 atom stereocenters.